The van der Waals surface area contributed by atoms with Gasteiger partial charge < -0.3 is 14.7 Å². The summed E-state index contributed by atoms with van der Waals surface area (Å²) in [4.78, 5) is 5.65. The van der Waals surface area contributed by atoms with Gasteiger partial charge >= 0.3 is 6.18 Å². The first-order valence-electron chi connectivity index (χ1n) is 6.54. The number of alkyl halides is 3. The van der Waals surface area contributed by atoms with Crippen molar-refractivity contribution in [1.82, 2.24) is 4.98 Å². The third-order valence-corrected chi connectivity index (χ3v) is 3.54. The molecule has 0 unspecified atom stereocenters. The summed E-state index contributed by atoms with van der Waals surface area (Å²) in [6, 6.07) is 0.708. The van der Waals surface area contributed by atoms with E-state index in [1.807, 2.05) is 0 Å². The van der Waals surface area contributed by atoms with Crippen molar-refractivity contribution in [1.29, 1.82) is 0 Å². The summed E-state index contributed by atoms with van der Waals surface area (Å²) in [5.41, 5.74) is -0.878. The van der Waals surface area contributed by atoms with Crippen molar-refractivity contribution in [3.05, 3.63) is 22.8 Å². The van der Waals surface area contributed by atoms with E-state index in [0.29, 0.717) is 32.0 Å². The van der Waals surface area contributed by atoms with Crippen molar-refractivity contribution in [2.75, 3.05) is 24.7 Å². The van der Waals surface area contributed by atoms with Crippen LogP contribution in [0.1, 0.15) is 18.9 Å². The van der Waals surface area contributed by atoms with Crippen molar-refractivity contribution in [2.45, 2.75) is 31.7 Å². The molecule has 4 nitrogen and oxygen atoms in total. The lowest BCUT2D eigenvalue weighted by Gasteiger charge is -2.37. The summed E-state index contributed by atoms with van der Waals surface area (Å²) < 4.78 is 43.2. The lowest BCUT2D eigenvalue weighted by atomic mass is 10.1. The molecule has 0 spiro atoms. The van der Waals surface area contributed by atoms with Gasteiger partial charge in [0.15, 0.2) is 0 Å². The Balaban J connectivity index is 2.26. The van der Waals surface area contributed by atoms with Crippen LogP contribution in [0.4, 0.5) is 19.0 Å². The second-order valence-corrected chi connectivity index (χ2v) is 5.44. The number of morpholine rings is 1. The first-order chi connectivity index (χ1) is 9.79. The molecule has 1 N–H and O–H groups in total. The van der Waals surface area contributed by atoms with Gasteiger partial charge in [0.25, 0.3) is 0 Å². The van der Waals surface area contributed by atoms with E-state index in [1.54, 1.807) is 11.8 Å². The molecular weight excluding hydrogens is 309 g/mol. The van der Waals surface area contributed by atoms with Gasteiger partial charge in [0, 0.05) is 12.7 Å². The smallest absolute Gasteiger partial charge is 0.393 e. The highest BCUT2D eigenvalue weighted by Crippen LogP contribution is 2.34. The third-order valence-electron chi connectivity index (χ3n) is 3.26. The summed E-state index contributed by atoms with van der Waals surface area (Å²) in [6.45, 7) is 2.93. The van der Waals surface area contributed by atoms with Crippen LogP contribution in [0.2, 0.25) is 5.02 Å². The molecule has 1 aliphatic rings. The monoisotopic (exact) mass is 324 g/mol. The van der Waals surface area contributed by atoms with Crippen LogP contribution < -0.4 is 4.90 Å². The molecule has 1 aliphatic heterocycles. The molecule has 2 heterocycles. The molecule has 0 aliphatic carbocycles. The van der Waals surface area contributed by atoms with Crippen LogP contribution in [0.25, 0.3) is 0 Å². The Morgan fingerprint density at radius 2 is 2.29 bits per heavy atom. The molecule has 0 saturated carbocycles. The van der Waals surface area contributed by atoms with Gasteiger partial charge in [0.2, 0.25) is 0 Å². The molecule has 0 amide bonds. The number of pyridine rings is 1. The van der Waals surface area contributed by atoms with Gasteiger partial charge in [-0.1, -0.05) is 11.6 Å². The number of ether oxygens (including phenoxy) is 1. The molecule has 1 saturated heterocycles. The van der Waals surface area contributed by atoms with E-state index < -0.39 is 17.8 Å². The van der Waals surface area contributed by atoms with Crippen LogP contribution in [0.15, 0.2) is 12.3 Å². The van der Waals surface area contributed by atoms with Crippen LogP contribution in [0.3, 0.4) is 0 Å². The Kier molecular flexibility index (Phi) is 4.95. The highest BCUT2D eigenvalue weighted by molar-refractivity contribution is 6.33. The Morgan fingerprint density at radius 3 is 2.86 bits per heavy atom. The second-order valence-electron chi connectivity index (χ2n) is 5.03. The fourth-order valence-electron chi connectivity index (χ4n) is 2.32. The first-order valence-corrected chi connectivity index (χ1v) is 6.92. The SMILES string of the molecule is C[C@H](O)C[C@H]1COCCN1c1ncc(C(F)(F)F)cc1Cl. The number of nitrogens with zero attached hydrogens (tertiary/aromatic N) is 2. The predicted octanol–water partition coefficient (Wildman–Crippen LogP) is 2.73. The standard InChI is InChI=1S/C13H16ClF3N2O2/c1-8(20)4-10-7-21-3-2-19(10)12-11(14)5-9(6-18-12)13(15,16)17/h5-6,8,10,20H,2-4,7H2,1H3/t8-,10-/m0/s1. The zero-order chi connectivity index (χ0) is 15.6. The average molecular weight is 325 g/mol. The van der Waals surface area contributed by atoms with E-state index >= 15 is 0 Å². The van der Waals surface area contributed by atoms with Crippen molar-refractivity contribution >= 4 is 17.4 Å². The molecule has 1 aromatic heterocycles. The first kappa shape index (κ1) is 16.3. The van der Waals surface area contributed by atoms with Gasteiger partial charge in [-0.05, 0) is 19.4 Å². The highest BCUT2D eigenvalue weighted by Gasteiger charge is 2.33. The van der Waals surface area contributed by atoms with Crippen LogP contribution in [-0.2, 0) is 10.9 Å². The van der Waals surface area contributed by atoms with Crippen LogP contribution in [0.5, 0.6) is 0 Å². The maximum Gasteiger partial charge on any atom is 0.417 e. The summed E-state index contributed by atoms with van der Waals surface area (Å²) in [5, 5.41) is 9.45. The topological polar surface area (TPSA) is 45.6 Å². The van der Waals surface area contributed by atoms with E-state index in [-0.39, 0.29) is 11.1 Å². The van der Waals surface area contributed by atoms with Gasteiger partial charge in [0.1, 0.15) is 5.82 Å². The molecular formula is C13H16ClF3N2O2. The van der Waals surface area contributed by atoms with Crippen LogP contribution in [0, 0.1) is 0 Å². The number of hydrogen-bond donors (Lipinski definition) is 1. The Morgan fingerprint density at radius 1 is 1.57 bits per heavy atom. The summed E-state index contributed by atoms with van der Waals surface area (Å²) in [5.74, 6) is 0.290. The molecule has 1 aromatic rings. The maximum atomic E-state index is 12.6. The predicted molar refractivity (Wildman–Crippen MR) is 72.5 cm³/mol. The second kappa shape index (κ2) is 6.37. The zero-order valence-corrected chi connectivity index (χ0v) is 12.2. The largest absolute Gasteiger partial charge is 0.417 e. The molecule has 118 valence electrons. The molecule has 1 fully saturated rings. The van der Waals surface area contributed by atoms with Crippen molar-refractivity contribution < 1.29 is 23.0 Å². The fraction of sp³-hybridized carbons (Fsp3) is 0.615. The van der Waals surface area contributed by atoms with Gasteiger partial charge in [-0.2, -0.15) is 13.2 Å². The number of aliphatic hydroxyl groups excluding tert-OH is 1. The van der Waals surface area contributed by atoms with Gasteiger partial charge in [-0.15, -0.1) is 0 Å². The normalized spacial score (nSPS) is 21.4. The van der Waals surface area contributed by atoms with Crippen LogP contribution in [-0.4, -0.2) is 42.0 Å². The van der Waals surface area contributed by atoms with Crippen molar-refractivity contribution in [3.8, 4) is 0 Å². The Bertz CT molecular complexity index is 497. The number of hydrogen-bond acceptors (Lipinski definition) is 4. The van der Waals surface area contributed by atoms with Gasteiger partial charge in [-0.25, -0.2) is 4.98 Å². The van der Waals surface area contributed by atoms with E-state index in [9.17, 15) is 18.3 Å². The maximum absolute atomic E-state index is 12.6. The lowest BCUT2D eigenvalue weighted by Crippen LogP contribution is -2.47. The fourth-order valence-corrected chi connectivity index (χ4v) is 2.59. The van der Waals surface area contributed by atoms with E-state index in [0.717, 1.165) is 12.3 Å². The number of anilines is 1. The molecule has 0 aromatic carbocycles. The molecule has 0 radical (unpaired) electrons. The average Bonchev–Trinajstić information content (AvgIpc) is 2.38. The number of aliphatic hydroxyl groups is 1. The molecule has 0 bridgehead atoms. The van der Waals surface area contributed by atoms with Gasteiger partial charge in [-0.3, -0.25) is 0 Å². The highest BCUT2D eigenvalue weighted by atomic mass is 35.5. The lowest BCUT2D eigenvalue weighted by molar-refractivity contribution is -0.137. The molecule has 21 heavy (non-hydrogen) atoms. The quantitative estimate of drug-likeness (QED) is 0.928. The molecule has 2 atom stereocenters. The van der Waals surface area contributed by atoms with Crippen molar-refractivity contribution in [3.63, 3.8) is 0 Å². The van der Waals surface area contributed by atoms with E-state index in [1.165, 1.54) is 0 Å². The number of halogens is 4. The Labute approximate surface area is 125 Å². The third kappa shape index (κ3) is 3.99. The summed E-state index contributed by atoms with van der Waals surface area (Å²) >= 11 is 5.96. The Hall–Kier alpha value is -1.05. The number of rotatable bonds is 3. The minimum atomic E-state index is -4.47. The van der Waals surface area contributed by atoms with E-state index in [2.05, 4.69) is 4.98 Å². The zero-order valence-electron chi connectivity index (χ0n) is 11.4. The minimum absolute atomic E-state index is 0.0534. The molecule has 2 rings (SSSR count). The minimum Gasteiger partial charge on any atom is -0.393 e. The summed E-state index contributed by atoms with van der Waals surface area (Å²) in [7, 11) is 0. The van der Waals surface area contributed by atoms with Crippen molar-refractivity contribution in [2.24, 2.45) is 0 Å². The molecule has 8 heteroatoms. The number of aromatic nitrogens is 1. The van der Waals surface area contributed by atoms with E-state index in [4.69, 9.17) is 16.3 Å². The van der Waals surface area contributed by atoms with Crippen LogP contribution >= 0.6 is 11.6 Å². The van der Waals surface area contributed by atoms with Gasteiger partial charge in [0.05, 0.1) is 35.9 Å². The summed E-state index contributed by atoms with van der Waals surface area (Å²) in [6.07, 6.45) is -3.82.